The summed E-state index contributed by atoms with van der Waals surface area (Å²) < 4.78 is 11.6. The number of amides is 1. The third-order valence-corrected chi connectivity index (χ3v) is 5.18. The Morgan fingerprint density at radius 2 is 2.13 bits per heavy atom. The Morgan fingerprint density at radius 1 is 1.26 bits per heavy atom. The second kappa shape index (κ2) is 6.20. The number of benzene rings is 1. The molecule has 0 aliphatic carbocycles. The molecule has 6 heteroatoms. The first-order chi connectivity index (χ1) is 11.3. The fourth-order valence-electron chi connectivity index (χ4n) is 3.18. The van der Waals surface area contributed by atoms with Gasteiger partial charge in [-0.25, -0.2) is 4.98 Å². The highest BCUT2D eigenvalue weighted by atomic mass is 32.1. The van der Waals surface area contributed by atoms with Crippen LogP contribution in [0.1, 0.15) is 30.3 Å². The molecule has 120 valence electrons. The first-order valence-corrected chi connectivity index (χ1v) is 8.79. The van der Waals surface area contributed by atoms with Gasteiger partial charge in [0.05, 0.1) is 6.04 Å². The van der Waals surface area contributed by atoms with E-state index in [0.29, 0.717) is 11.5 Å². The second-order valence-electron chi connectivity index (χ2n) is 5.78. The Kier molecular flexibility index (Phi) is 3.91. The van der Waals surface area contributed by atoms with Crippen molar-refractivity contribution in [2.75, 3.05) is 13.2 Å². The maximum atomic E-state index is 13.0. The highest BCUT2D eigenvalue weighted by molar-refractivity contribution is 7.09. The van der Waals surface area contributed by atoms with Crippen molar-refractivity contribution in [3.05, 3.63) is 40.8 Å². The van der Waals surface area contributed by atoms with Crippen molar-refractivity contribution in [1.29, 1.82) is 0 Å². The largest absolute Gasteiger partial charge is 0.485 e. The van der Waals surface area contributed by atoms with Gasteiger partial charge >= 0.3 is 0 Å². The molecule has 0 bridgehead atoms. The lowest BCUT2D eigenvalue weighted by atomic mass is 10.0. The summed E-state index contributed by atoms with van der Waals surface area (Å²) in [6.07, 6.45) is 4.33. The third-order valence-electron chi connectivity index (χ3n) is 4.31. The van der Waals surface area contributed by atoms with Crippen molar-refractivity contribution in [3.8, 4) is 11.5 Å². The highest BCUT2D eigenvalue weighted by Crippen LogP contribution is 2.35. The summed E-state index contributed by atoms with van der Waals surface area (Å²) in [5.41, 5.74) is 0. The van der Waals surface area contributed by atoms with Gasteiger partial charge in [-0.1, -0.05) is 12.1 Å². The van der Waals surface area contributed by atoms with Crippen LogP contribution in [-0.2, 0) is 4.79 Å². The van der Waals surface area contributed by atoms with E-state index in [0.717, 1.165) is 30.8 Å². The van der Waals surface area contributed by atoms with E-state index in [1.807, 2.05) is 34.5 Å². The van der Waals surface area contributed by atoms with Crippen molar-refractivity contribution >= 4 is 17.2 Å². The number of hydrogen-bond donors (Lipinski definition) is 0. The molecule has 1 aromatic carbocycles. The minimum absolute atomic E-state index is 0.000553. The maximum absolute atomic E-state index is 13.0. The lowest BCUT2D eigenvalue weighted by Gasteiger charge is -2.37. The Morgan fingerprint density at radius 3 is 2.96 bits per heavy atom. The van der Waals surface area contributed by atoms with Crippen molar-refractivity contribution < 1.29 is 14.3 Å². The average Bonchev–Trinajstić information content (AvgIpc) is 3.15. The van der Waals surface area contributed by atoms with Gasteiger partial charge in [0.2, 0.25) is 6.10 Å². The molecule has 1 fully saturated rings. The van der Waals surface area contributed by atoms with Crippen molar-refractivity contribution in [2.24, 2.45) is 0 Å². The summed E-state index contributed by atoms with van der Waals surface area (Å²) in [4.78, 5) is 19.3. The third kappa shape index (κ3) is 2.79. The number of carbonyl (C=O) groups is 1. The van der Waals surface area contributed by atoms with E-state index >= 15 is 0 Å². The summed E-state index contributed by atoms with van der Waals surface area (Å²) in [5.74, 6) is 1.34. The molecule has 2 aliphatic heterocycles. The van der Waals surface area contributed by atoms with Crippen molar-refractivity contribution in [3.63, 3.8) is 0 Å². The van der Waals surface area contributed by atoms with Crippen LogP contribution in [0.3, 0.4) is 0 Å². The molecule has 1 amide bonds. The predicted molar refractivity (Wildman–Crippen MR) is 86.8 cm³/mol. The van der Waals surface area contributed by atoms with Crippen LogP contribution in [0.25, 0.3) is 0 Å². The number of nitrogens with zero attached hydrogens (tertiary/aromatic N) is 2. The Hall–Kier alpha value is -2.08. The Balaban J connectivity index is 1.54. The van der Waals surface area contributed by atoms with Gasteiger partial charge in [-0.2, -0.15) is 0 Å². The zero-order valence-electron chi connectivity index (χ0n) is 12.7. The van der Waals surface area contributed by atoms with Gasteiger partial charge in [-0.3, -0.25) is 4.79 Å². The zero-order chi connectivity index (χ0) is 15.6. The number of fused-ring (bicyclic) bond motifs is 1. The molecule has 0 radical (unpaired) electrons. The average molecular weight is 330 g/mol. The quantitative estimate of drug-likeness (QED) is 0.849. The Bertz CT molecular complexity index is 689. The minimum atomic E-state index is -0.578. The fourth-order valence-corrected chi connectivity index (χ4v) is 3.96. The summed E-state index contributed by atoms with van der Waals surface area (Å²) >= 11 is 1.61. The number of piperidine rings is 1. The molecule has 2 atom stereocenters. The van der Waals surface area contributed by atoms with Crippen LogP contribution in [0, 0.1) is 0 Å². The first kappa shape index (κ1) is 14.5. The van der Waals surface area contributed by atoms with Crippen molar-refractivity contribution in [2.45, 2.75) is 31.4 Å². The number of para-hydroxylation sites is 2. The molecule has 0 N–H and O–H groups in total. The van der Waals surface area contributed by atoms with Gasteiger partial charge < -0.3 is 14.4 Å². The van der Waals surface area contributed by atoms with Crippen LogP contribution in [0.2, 0.25) is 0 Å². The topological polar surface area (TPSA) is 51.7 Å². The van der Waals surface area contributed by atoms with Crippen LogP contribution < -0.4 is 9.47 Å². The first-order valence-electron chi connectivity index (χ1n) is 7.91. The summed E-state index contributed by atoms with van der Waals surface area (Å²) in [7, 11) is 0. The number of carbonyl (C=O) groups excluding carboxylic acids is 1. The molecule has 0 unspecified atom stereocenters. The van der Waals surface area contributed by atoms with E-state index in [1.54, 1.807) is 17.5 Å². The number of rotatable bonds is 2. The second-order valence-corrected chi connectivity index (χ2v) is 6.70. The predicted octanol–water partition coefficient (Wildman–Crippen LogP) is 3.04. The van der Waals surface area contributed by atoms with E-state index in [-0.39, 0.29) is 18.6 Å². The van der Waals surface area contributed by atoms with Gasteiger partial charge in [-0.05, 0) is 31.4 Å². The smallest absolute Gasteiger partial charge is 0.267 e. The van der Waals surface area contributed by atoms with Crippen LogP contribution in [0.15, 0.2) is 35.8 Å². The summed E-state index contributed by atoms with van der Waals surface area (Å²) in [5, 5.41) is 2.97. The number of aromatic nitrogens is 1. The Labute approximate surface area is 138 Å². The van der Waals surface area contributed by atoms with E-state index in [4.69, 9.17) is 9.47 Å². The molecule has 1 saturated heterocycles. The molecule has 4 rings (SSSR count). The molecule has 0 saturated carbocycles. The van der Waals surface area contributed by atoms with E-state index in [2.05, 4.69) is 4.98 Å². The van der Waals surface area contributed by atoms with Crippen LogP contribution >= 0.6 is 11.3 Å². The minimum Gasteiger partial charge on any atom is -0.485 e. The number of ether oxygens (including phenoxy) is 2. The molecule has 0 spiro atoms. The van der Waals surface area contributed by atoms with Gasteiger partial charge in [0.15, 0.2) is 11.5 Å². The monoisotopic (exact) mass is 330 g/mol. The normalized spacial score (nSPS) is 23.6. The van der Waals surface area contributed by atoms with E-state index < -0.39 is 6.10 Å². The molecule has 3 heterocycles. The SMILES string of the molecule is O=C([C@H]1COc2ccccc2O1)N1CCCC[C@@H]1c1nccs1. The fraction of sp³-hybridized carbons (Fsp3) is 0.412. The summed E-state index contributed by atoms with van der Waals surface area (Å²) in [6.45, 7) is 1.02. The standard InChI is InChI=1S/C17H18N2O3S/c20-17(15-11-21-13-6-1-2-7-14(13)22-15)19-9-4-3-5-12(19)16-18-8-10-23-16/h1-2,6-8,10,12,15H,3-5,9,11H2/t12-,15-/m1/s1. The molecule has 23 heavy (non-hydrogen) atoms. The van der Waals surface area contributed by atoms with Crippen LogP contribution in [-0.4, -0.2) is 35.0 Å². The number of likely N-dealkylation sites (tertiary alicyclic amines) is 1. The lowest BCUT2D eigenvalue weighted by Crippen LogP contribution is -2.49. The number of hydrogen-bond acceptors (Lipinski definition) is 5. The van der Waals surface area contributed by atoms with Gasteiger partial charge in [0.25, 0.3) is 5.91 Å². The van der Waals surface area contributed by atoms with Crippen LogP contribution in [0.4, 0.5) is 0 Å². The molecule has 1 aromatic heterocycles. The van der Waals surface area contributed by atoms with Gasteiger partial charge in [0.1, 0.15) is 11.6 Å². The molecule has 2 aromatic rings. The molecule has 2 aliphatic rings. The lowest BCUT2D eigenvalue weighted by molar-refractivity contribution is -0.145. The maximum Gasteiger partial charge on any atom is 0.267 e. The van der Waals surface area contributed by atoms with E-state index in [1.165, 1.54) is 0 Å². The molecular weight excluding hydrogens is 312 g/mol. The zero-order valence-corrected chi connectivity index (χ0v) is 13.5. The highest BCUT2D eigenvalue weighted by Gasteiger charge is 2.36. The van der Waals surface area contributed by atoms with Crippen LogP contribution in [0.5, 0.6) is 11.5 Å². The van der Waals surface area contributed by atoms with Gasteiger partial charge in [0, 0.05) is 18.1 Å². The molecular formula is C17H18N2O3S. The van der Waals surface area contributed by atoms with Gasteiger partial charge in [-0.15, -0.1) is 11.3 Å². The summed E-state index contributed by atoms with van der Waals surface area (Å²) in [6, 6.07) is 7.54. The molecule has 5 nitrogen and oxygen atoms in total. The van der Waals surface area contributed by atoms with Crippen molar-refractivity contribution in [1.82, 2.24) is 9.88 Å². The number of thiazole rings is 1. The van der Waals surface area contributed by atoms with E-state index in [9.17, 15) is 4.79 Å².